The van der Waals surface area contributed by atoms with E-state index in [9.17, 15) is 0 Å². The molecule has 0 unspecified atom stereocenters. The van der Waals surface area contributed by atoms with Crippen molar-refractivity contribution in [1.82, 2.24) is 5.32 Å². The van der Waals surface area contributed by atoms with Gasteiger partial charge in [0.15, 0.2) is 0 Å². The smallest absolute Gasteiger partial charge is 0.123 e. The summed E-state index contributed by atoms with van der Waals surface area (Å²) in [4.78, 5) is 0. The Morgan fingerprint density at radius 3 is 2.89 bits per heavy atom. The molecule has 2 rings (SSSR count). The molecule has 3 nitrogen and oxygen atoms in total. The van der Waals surface area contributed by atoms with Crippen LogP contribution in [0.2, 0.25) is 0 Å². The summed E-state index contributed by atoms with van der Waals surface area (Å²) in [5, 5.41) is 3.17. The van der Waals surface area contributed by atoms with E-state index >= 15 is 0 Å². The van der Waals surface area contributed by atoms with Gasteiger partial charge >= 0.3 is 0 Å². The molecule has 1 aromatic rings. The van der Waals surface area contributed by atoms with Gasteiger partial charge in [-0.05, 0) is 44.0 Å². The summed E-state index contributed by atoms with van der Waals surface area (Å²) in [5.74, 6) is 1.61. The van der Waals surface area contributed by atoms with Crippen LogP contribution in [-0.2, 0) is 11.3 Å². The Balaban J connectivity index is 1.94. The molecule has 1 N–H and O–H groups in total. The molecule has 0 spiro atoms. The molecule has 0 bridgehead atoms. The lowest BCUT2D eigenvalue weighted by Gasteiger charge is -2.22. The van der Waals surface area contributed by atoms with Crippen molar-refractivity contribution >= 4 is 15.9 Å². The number of halogens is 1. The minimum absolute atomic E-state index is 0.629. The van der Waals surface area contributed by atoms with Crippen molar-refractivity contribution in [1.29, 1.82) is 0 Å². The zero-order valence-electron chi connectivity index (χ0n) is 10.7. The summed E-state index contributed by atoms with van der Waals surface area (Å²) in [6, 6.07) is 6.17. The first kappa shape index (κ1) is 13.8. The molecule has 18 heavy (non-hydrogen) atoms. The van der Waals surface area contributed by atoms with Gasteiger partial charge < -0.3 is 14.8 Å². The molecule has 1 fully saturated rings. The van der Waals surface area contributed by atoms with E-state index < -0.39 is 0 Å². The molecule has 0 amide bonds. The van der Waals surface area contributed by atoms with Crippen molar-refractivity contribution in [3.05, 3.63) is 28.2 Å². The van der Waals surface area contributed by atoms with Crippen molar-refractivity contribution in [2.75, 3.05) is 26.9 Å². The number of nitrogens with one attached hydrogen (secondary N) is 1. The van der Waals surface area contributed by atoms with Crippen LogP contribution in [0.1, 0.15) is 18.4 Å². The minimum atomic E-state index is 0.629. The molecular weight excluding hydrogens is 294 g/mol. The van der Waals surface area contributed by atoms with Gasteiger partial charge in [0.1, 0.15) is 5.75 Å². The van der Waals surface area contributed by atoms with Crippen LogP contribution in [0.25, 0.3) is 0 Å². The molecular formula is C14H20BrNO2. The fraction of sp³-hybridized carbons (Fsp3) is 0.571. The quantitative estimate of drug-likeness (QED) is 0.906. The molecule has 0 aliphatic carbocycles. The van der Waals surface area contributed by atoms with Gasteiger partial charge in [0, 0.05) is 29.8 Å². The predicted octanol–water partition coefficient (Wildman–Crippen LogP) is 2.97. The van der Waals surface area contributed by atoms with Gasteiger partial charge in [0.05, 0.1) is 6.61 Å². The highest BCUT2D eigenvalue weighted by atomic mass is 79.9. The highest BCUT2D eigenvalue weighted by molar-refractivity contribution is 9.10. The van der Waals surface area contributed by atoms with Gasteiger partial charge in [-0.25, -0.2) is 0 Å². The molecule has 0 atom stereocenters. The van der Waals surface area contributed by atoms with Crippen LogP contribution in [0.4, 0.5) is 0 Å². The van der Waals surface area contributed by atoms with Crippen LogP contribution in [0.5, 0.6) is 5.75 Å². The summed E-state index contributed by atoms with van der Waals surface area (Å²) in [6.07, 6.45) is 2.22. The summed E-state index contributed by atoms with van der Waals surface area (Å²) in [6.45, 7) is 3.36. The van der Waals surface area contributed by atoms with Crippen molar-refractivity contribution < 1.29 is 9.47 Å². The first-order valence-electron chi connectivity index (χ1n) is 6.43. The van der Waals surface area contributed by atoms with Crippen LogP contribution < -0.4 is 10.1 Å². The third kappa shape index (κ3) is 3.97. The minimum Gasteiger partial charge on any atom is -0.493 e. The van der Waals surface area contributed by atoms with Crippen molar-refractivity contribution in [3.63, 3.8) is 0 Å². The van der Waals surface area contributed by atoms with Crippen molar-refractivity contribution in [3.8, 4) is 5.75 Å². The van der Waals surface area contributed by atoms with E-state index in [-0.39, 0.29) is 0 Å². The average molecular weight is 314 g/mol. The zero-order chi connectivity index (χ0) is 12.8. The second kappa shape index (κ2) is 7.12. The molecule has 1 heterocycles. The summed E-state index contributed by atoms with van der Waals surface area (Å²) in [7, 11) is 1.95. The van der Waals surface area contributed by atoms with Gasteiger partial charge in [-0.2, -0.15) is 0 Å². The van der Waals surface area contributed by atoms with E-state index in [1.54, 1.807) is 0 Å². The highest BCUT2D eigenvalue weighted by Crippen LogP contribution is 2.25. The molecule has 1 saturated heterocycles. The van der Waals surface area contributed by atoms with Crippen molar-refractivity contribution in [2.45, 2.75) is 19.4 Å². The molecule has 4 heteroatoms. The Kier molecular flexibility index (Phi) is 5.47. The summed E-state index contributed by atoms with van der Waals surface area (Å²) in [5.41, 5.74) is 1.19. The predicted molar refractivity (Wildman–Crippen MR) is 75.9 cm³/mol. The van der Waals surface area contributed by atoms with E-state index in [0.717, 1.165) is 49.4 Å². The van der Waals surface area contributed by atoms with Gasteiger partial charge in [0.25, 0.3) is 0 Å². The van der Waals surface area contributed by atoms with Gasteiger partial charge in [-0.3, -0.25) is 0 Å². The number of ether oxygens (including phenoxy) is 2. The Morgan fingerprint density at radius 2 is 2.17 bits per heavy atom. The maximum absolute atomic E-state index is 5.97. The maximum atomic E-state index is 5.97. The molecule has 0 saturated carbocycles. The first-order chi connectivity index (χ1) is 8.79. The lowest BCUT2D eigenvalue weighted by Crippen LogP contribution is -2.22. The third-order valence-corrected chi connectivity index (χ3v) is 3.70. The SMILES string of the molecule is CNCc1cc(Br)ccc1OCC1CCOCC1. The third-order valence-electron chi connectivity index (χ3n) is 3.21. The molecule has 100 valence electrons. The average Bonchev–Trinajstić information content (AvgIpc) is 2.39. The fourth-order valence-corrected chi connectivity index (χ4v) is 2.55. The van der Waals surface area contributed by atoms with Crippen LogP contribution in [0.15, 0.2) is 22.7 Å². The van der Waals surface area contributed by atoms with Crippen molar-refractivity contribution in [2.24, 2.45) is 5.92 Å². The monoisotopic (exact) mass is 313 g/mol. The fourth-order valence-electron chi connectivity index (χ4n) is 2.14. The Bertz CT molecular complexity index is 378. The van der Waals surface area contributed by atoms with Gasteiger partial charge in [-0.1, -0.05) is 15.9 Å². The van der Waals surface area contributed by atoms with Crippen LogP contribution >= 0.6 is 15.9 Å². The van der Waals surface area contributed by atoms with E-state index in [0.29, 0.717) is 5.92 Å². The second-order valence-electron chi connectivity index (χ2n) is 4.65. The van der Waals surface area contributed by atoms with Crippen LogP contribution in [0.3, 0.4) is 0 Å². The molecule has 1 aliphatic rings. The topological polar surface area (TPSA) is 30.5 Å². The summed E-state index contributed by atoms with van der Waals surface area (Å²) >= 11 is 3.49. The number of benzene rings is 1. The zero-order valence-corrected chi connectivity index (χ0v) is 12.3. The highest BCUT2D eigenvalue weighted by Gasteiger charge is 2.15. The summed E-state index contributed by atoms with van der Waals surface area (Å²) < 4.78 is 12.4. The van der Waals surface area contributed by atoms with E-state index in [1.807, 2.05) is 19.2 Å². The first-order valence-corrected chi connectivity index (χ1v) is 7.22. The normalized spacial score (nSPS) is 16.8. The number of hydrogen-bond donors (Lipinski definition) is 1. The lowest BCUT2D eigenvalue weighted by atomic mass is 10.0. The standard InChI is InChI=1S/C14H20BrNO2/c1-16-9-12-8-13(15)2-3-14(12)18-10-11-4-6-17-7-5-11/h2-3,8,11,16H,4-7,9-10H2,1H3. The van der Waals surface area contributed by atoms with E-state index in [4.69, 9.17) is 9.47 Å². The molecule has 0 aromatic heterocycles. The van der Waals surface area contributed by atoms with Gasteiger partial charge in [-0.15, -0.1) is 0 Å². The Hall–Kier alpha value is -0.580. The Labute approximate surface area is 117 Å². The van der Waals surface area contributed by atoms with E-state index in [2.05, 4.69) is 27.3 Å². The van der Waals surface area contributed by atoms with Crippen LogP contribution in [0, 0.1) is 5.92 Å². The second-order valence-corrected chi connectivity index (χ2v) is 5.56. The van der Waals surface area contributed by atoms with E-state index in [1.165, 1.54) is 5.56 Å². The molecule has 1 aliphatic heterocycles. The molecule has 0 radical (unpaired) electrons. The lowest BCUT2D eigenvalue weighted by molar-refractivity contribution is 0.0496. The Morgan fingerprint density at radius 1 is 1.39 bits per heavy atom. The number of hydrogen-bond acceptors (Lipinski definition) is 3. The van der Waals surface area contributed by atoms with Gasteiger partial charge in [0.2, 0.25) is 0 Å². The number of rotatable bonds is 5. The maximum Gasteiger partial charge on any atom is 0.123 e. The molecule has 1 aromatic carbocycles. The van der Waals surface area contributed by atoms with Crippen LogP contribution in [-0.4, -0.2) is 26.9 Å². The largest absolute Gasteiger partial charge is 0.493 e.